The normalized spacial score (nSPS) is 17.2. The SMILES string of the molecule is Nc1cc(C(F)(F)F)n(C2CCC2)c(=O)c1. The predicted molar refractivity (Wildman–Crippen MR) is 53.0 cm³/mol. The van der Waals surface area contributed by atoms with Gasteiger partial charge in [-0.2, -0.15) is 13.2 Å². The summed E-state index contributed by atoms with van der Waals surface area (Å²) in [7, 11) is 0. The Kier molecular flexibility index (Phi) is 2.44. The van der Waals surface area contributed by atoms with Gasteiger partial charge in [0.25, 0.3) is 5.56 Å². The van der Waals surface area contributed by atoms with Gasteiger partial charge >= 0.3 is 6.18 Å². The molecule has 0 bridgehead atoms. The molecule has 16 heavy (non-hydrogen) atoms. The van der Waals surface area contributed by atoms with Gasteiger partial charge in [-0.15, -0.1) is 0 Å². The highest BCUT2D eigenvalue weighted by molar-refractivity contribution is 5.39. The van der Waals surface area contributed by atoms with Crippen LogP contribution in [0, 0.1) is 0 Å². The standard InChI is InChI=1S/C10H11F3N2O/c11-10(12,13)8-4-6(14)5-9(16)15(8)7-2-1-3-7/h4-5,7H,1-3,14H2. The number of rotatable bonds is 1. The number of aromatic nitrogens is 1. The van der Waals surface area contributed by atoms with Crippen LogP contribution in [-0.4, -0.2) is 4.57 Å². The van der Waals surface area contributed by atoms with Gasteiger partial charge in [0, 0.05) is 17.8 Å². The van der Waals surface area contributed by atoms with E-state index in [1.807, 2.05) is 0 Å². The average Bonchev–Trinajstić information content (AvgIpc) is 2.03. The molecule has 3 nitrogen and oxygen atoms in total. The van der Waals surface area contributed by atoms with Crippen molar-refractivity contribution < 1.29 is 13.2 Å². The van der Waals surface area contributed by atoms with Crippen LogP contribution in [0.15, 0.2) is 16.9 Å². The number of nitrogen functional groups attached to an aromatic ring is 1. The van der Waals surface area contributed by atoms with Crippen LogP contribution in [-0.2, 0) is 6.18 Å². The fourth-order valence-electron chi connectivity index (χ4n) is 1.84. The Morgan fingerprint density at radius 1 is 1.31 bits per heavy atom. The van der Waals surface area contributed by atoms with Crippen molar-refractivity contribution in [3.05, 3.63) is 28.2 Å². The van der Waals surface area contributed by atoms with Gasteiger partial charge in [-0.25, -0.2) is 0 Å². The highest BCUT2D eigenvalue weighted by atomic mass is 19.4. The fourth-order valence-corrected chi connectivity index (χ4v) is 1.84. The summed E-state index contributed by atoms with van der Waals surface area (Å²) in [5.74, 6) is 0. The Labute approximate surface area is 89.7 Å². The zero-order valence-corrected chi connectivity index (χ0v) is 8.42. The summed E-state index contributed by atoms with van der Waals surface area (Å²) in [6.45, 7) is 0. The summed E-state index contributed by atoms with van der Waals surface area (Å²) < 4.78 is 39.0. The maximum absolute atomic E-state index is 12.7. The lowest BCUT2D eigenvalue weighted by Gasteiger charge is -2.30. The smallest absolute Gasteiger partial charge is 0.399 e. The Morgan fingerprint density at radius 3 is 2.38 bits per heavy atom. The third-order valence-electron chi connectivity index (χ3n) is 2.82. The van der Waals surface area contributed by atoms with Gasteiger partial charge in [-0.3, -0.25) is 4.79 Å². The van der Waals surface area contributed by atoms with Crippen LogP contribution in [0.3, 0.4) is 0 Å². The van der Waals surface area contributed by atoms with E-state index in [-0.39, 0.29) is 11.7 Å². The van der Waals surface area contributed by atoms with Crippen molar-refractivity contribution in [1.29, 1.82) is 0 Å². The fraction of sp³-hybridized carbons (Fsp3) is 0.500. The van der Waals surface area contributed by atoms with Crippen molar-refractivity contribution in [3.63, 3.8) is 0 Å². The molecule has 0 atom stereocenters. The van der Waals surface area contributed by atoms with E-state index in [1.54, 1.807) is 0 Å². The van der Waals surface area contributed by atoms with Crippen LogP contribution in [0.4, 0.5) is 18.9 Å². The van der Waals surface area contributed by atoms with E-state index in [0.717, 1.165) is 23.1 Å². The van der Waals surface area contributed by atoms with Crippen molar-refractivity contribution >= 4 is 5.69 Å². The van der Waals surface area contributed by atoms with Gasteiger partial charge in [0.1, 0.15) is 5.69 Å². The van der Waals surface area contributed by atoms with Gasteiger partial charge in [0.05, 0.1) is 0 Å². The van der Waals surface area contributed by atoms with E-state index in [2.05, 4.69) is 0 Å². The minimum Gasteiger partial charge on any atom is -0.399 e. The molecule has 88 valence electrons. The number of hydrogen-bond donors (Lipinski definition) is 1. The molecule has 1 aromatic heterocycles. The quantitative estimate of drug-likeness (QED) is 0.806. The second kappa shape index (κ2) is 3.54. The summed E-state index contributed by atoms with van der Waals surface area (Å²) in [6, 6.07) is 1.53. The van der Waals surface area contributed by atoms with Crippen LogP contribution in [0.25, 0.3) is 0 Å². The largest absolute Gasteiger partial charge is 0.431 e. The average molecular weight is 232 g/mol. The minimum absolute atomic E-state index is 0.145. The molecule has 0 unspecified atom stereocenters. The Hall–Kier alpha value is -1.46. The summed E-state index contributed by atoms with van der Waals surface area (Å²) in [5, 5.41) is 0. The first-order chi connectivity index (χ1) is 7.39. The maximum atomic E-state index is 12.7. The molecular weight excluding hydrogens is 221 g/mol. The van der Waals surface area contributed by atoms with Crippen molar-refractivity contribution in [2.24, 2.45) is 0 Å². The zero-order chi connectivity index (χ0) is 11.9. The number of nitrogens with zero attached hydrogens (tertiary/aromatic N) is 1. The minimum atomic E-state index is -4.54. The molecule has 1 aliphatic carbocycles. The van der Waals surface area contributed by atoms with E-state index in [9.17, 15) is 18.0 Å². The molecule has 1 aromatic rings. The second-order valence-electron chi connectivity index (χ2n) is 3.96. The molecule has 2 N–H and O–H groups in total. The first-order valence-electron chi connectivity index (χ1n) is 4.99. The van der Waals surface area contributed by atoms with E-state index in [4.69, 9.17) is 5.73 Å². The van der Waals surface area contributed by atoms with Gasteiger partial charge < -0.3 is 10.3 Å². The van der Waals surface area contributed by atoms with Gasteiger partial charge in [0.15, 0.2) is 0 Å². The molecule has 0 saturated heterocycles. The number of alkyl halides is 3. The molecule has 0 spiro atoms. The Bertz CT molecular complexity index is 460. The van der Waals surface area contributed by atoms with E-state index >= 15 is 0 Å². The Morgan fingerprint density at radius 2 is 1.94 bits per heavy atom. The van der Waals surface area contributed by atoms with Crippen LogP contribution >= 0.6 is 0 Å². The third-order valence-corrected chi connectivity index (χ3v) is 2.82. The lowest BCUT2D eigenvalue weighted by Crippen LogP contribution is -2.34. The summed E-state index contributed by atoms with van der Waals surface area (Å²) >= 11 is 0. The van der Waals surface area contributed by atoms with E-state index < -0.39 is 17.4 Å². The van der Waals surface area contributed by atoms with Gasteiger partial charge in [-0.05, 0) is 25.3 Å². The second-order valence-corrected chi connectivity index (χ2v) is 3.96. The summed E-state index contributed by atoms with van der Waals surface area (Å²) in [6.07, 6.45) is -2.44. The van der Waals surface area contributed by atoms with Crippen molar-refractivity contribution in [2.75, 3.05) is 5.73 Å². The molecule has 1 heterocycles. The highest BCUT2D eigenvalue weighted by Gasteiger charge is 2.37. The number of hydrogen-bond acceptors (Lipinski definition) is 2. The number of pyridine rings is 1. The molecule has 0 amide bonds. The number of halogens is 3. The van der Waals surface area contributed by atoms with E-state index in [1.165, 1.54) is 0 Å². The molecule has 6 heteroatoms. The van der Waals surface area contributed by atoms with Crippen LogP contribution < -0.4 is 11.3 Å². The Balaban J connectivity index is 2.60. The lowest BCUT2D eigenvalue weighted by atomic mass is 9.92. The van der Waals surface area contributed by atoms with Crippen molar-refractivity contribution in [1.82, 2.24) is 4.57 Å². The molecule has 1 aliphatic rings. The van der Waals surface area contributed by atoms with Gasteiger partial charge in [0.2, 0.25) is 0 Å². The van der Waals surface area contributed by atoms with Gasteiger partial charge in [-0.1, -0.05) is 0 Å². The highest BCUT2D eigenvalue weighted by Crippen LogP contribution is 2.37. The molecule has 2 rings (SSSR count). The van der Waals surface area contributed by atoms with E-state index in [0.29, 0.717) is 12.8 Å². The maximum Gasteiger partial charge on any atom is 0.431 e. The number of anilines is 1. The monoisotopic (exact) mass is 232 g/mol. The van der Waals surface area contributed by atoms with Crippen molar-refractivity contribution in [2.45, 2.75) is 31.5 Å². The third kappa shape index (κ3) is 1.79. The zero-order valence-electron chi connectivity index (χ0n) is 8.42. The predicted octanol–water partition coefficient (Wildman–Crippen LogP) is 2.17. The topological polar surface area (TPSA) is 48.0 Å². The molecule has 1 saturated carbocycles. The van der Waals surface area contributed by atoms with Crippen molar-refractivity contribution in [3.8, 4) is 0 Å². The first-order valence-corrected chi connectivity index (χ1v) is 4.99. The summed E-state index contributed by atoms with van der Waals surface area (Å²) in [5.41, 5.74) is 3.51. The first kappa shape index (κ1) is 11.0. The van der Waals surface area contributed by atoms with Crippen LogP contribution in [0.5, 0.6) is 0 Å². The van der Waals surface area contributed by atoms with Crippen LogP contribution in [0.2, 0.25) is 0 Å². The van der Waals surface area contributed by atoms with Crippen LogP contribution in [0.1, 0.15) is 31.0 Å². The number of nitrogens with two attached hydrogens (primary N) is 1. The summed E-state index contributed by atoms with van der Waals surface area (Å²) in [4.78, 5) is 11.5. The molecular formula is C10H11F3N2O. The lowest BCUT2D eigenvalue weighted by molar-refractivity contribution is -0.145. The molecule has 0 aromatic carbocycles. The molecule has 0 aliphatic heterocycles. The molecule has 1 fully saturated rings. The molecule has 0 radical (unpaired) electrons.